The number of fused-ring (bicyclic) bond motifs is 1. The molecule has 7 N–H and O–H groups in total. The summed E-state index contributed by atoms with van der Waals surface area (Å²) in [6.07, 6.45) is 1.20. The molecule has 0 unspecified atom stereocenters. The van der Waals surface area contributed by atoms with Crippen molar-refractivity contribution in [3.63, 3.8) is 0 Å². The number of aliphatic carboxylic acids is 2. The second-order valence-electron chi connectivity index (χ2n) is 12.8. The molecule has 0 bridgehead atoms. The first kappa shape index (κ1) is 41.1. The van der Waals surface area contributed by atoms with Gasteiger partial charge in [-0.15, -0.1) is 0 Å². The van der Waals surface area contributed by atoms with Gasteiger partial charge in [-0.3, -0.25) is 14.4 Å². The molecule has 1 amide bonds. The molecule has 16 heteroatoms. The molecule has 5 rings (SSSR count). The van der Waals surface area contributed by atoms with E-state index >= 15 is 0 Å². The molecular formula is C39H41Cl2N5O9. The van der Waals surface area contributed by atoms with E-state index in [4.69, 9.17) is 42.9 Å². The van der Waals surface area contributed by atoms with Gasteiger partial charge in [-0.05, 0) is 53.3 Å². The second kappa shape index (κ2) is 19.5. The van der Waals surface area contributed by atoms with Gasteiger partial charge in [-0.25, -0.2) is 4.98 Å². The molecule has 2 aromatic heterocycles. The number of hydrogen-bond donors (Lipinski definition) is 7. The van der Waals surface area contributed by atoms with Crippen LogP contribution >= 0.6 is 23.2 Å². The molecule has 14 nitrogen and oxygen atoms in total. The van der Waals surface area contributed by atoms with Gasteiger partial charge in [0.2, 0.25) is 11.8 Å². The number of rotatable bonds is 20. The Morgan fingerprint density at radius 1 is 0.927 bits per heavy atom. The normalized spacial score (nSPS) is 14.4. The van der Waals surface area contributed by atoms with Crippen LogP contribution in [0.1, 0.15) is 58.0 Å². The maximum atomic E-state index is 13.4. The molecule has 0 spiro atoms. The summed E-state index contributed by atoms with van der Waals surface area (Å²) in [5, 5.41) is 46.6. The summed E-state index contributed by atoms with van der Waals surface area (Å²) >= 11 is 13.6. The minimum Gasteiger partial charge on any atom is -0.481 e. The van der Waals surface area contributed by atoms with Gasteiger partial charge in [0.15, 0.2) is 0 Å². The molecule has 0 saturated heterocycles. The highest BCUT2D eigenvalue weighted by Crippen LogP contribution is 2.43. The van der Waals surface area contributed by atoms with E-state index in [-0.39, 0.29) is 60.0 Å². The molecule has 4 aromatic rings. The van der Waals surface area contributed by atoms with Crippen LogP contribution in [0.5, 0.6) is 11.8 Å². The summed E-state index contributed by atoms with van der Waals surface area (Å²) in [4.78, 5) is 43.9. The zero-order valence-electron chi connectivity index (χ0n) is 29.6. The van der Waals surface area contributed by atoms with Crippen molar-refractivity contribution in [2.24, 2.45) is 0 Å². The average molecular weight is 795 g/mol. The van der Waals surface area contributed by atoms with Crippen molar-refractivity contribution >= 4 is 46.9 Å². The highest BCUT2D eigenvalue weighted by atomic mass is 35.5. The number of pyridine rings is 2. The minimum atomic E-state index is -1.10. The molecule has 1 aliphatic carbocycles. The predicted octanol–water partition coefficient (Wildman–Crippen LogP) is 5.18. The number of nitrogens with zero attached hydrogens (tertiary/aromatic N) is 2. The molecule has 0 radical (unpaired) electrons. The summed E-state index contributed by atoms with van der Waals surface area (Å²) in [5.41, 5.74) is 5.08. The fraction of sp³-hybridized carbons (Fsp3) is 0.308. The van der Waals surface area contributed by atoms with Gasteiger partial charge >= 0.3 is 11.9 Å². The number of aromatic nitrogens is 2. The number of amides is 1. The van der Waals surface area contributed by atoms with E-state index in [1.807, 2.05) is 24.3 Å². The summed E-state index contributed by atoms with van der Waals surface area (Å²) in [6, 6.07) is 16.1. The van der Waals surface area contributed by atoms with Gasteiger partial charge in [0.05, 0.1) is 35.6 Å². The Labute approximate surface area is 327 Å². The summed E-state index contributed by atoms with van der Waals surface area (Å²) in [6.45, 7) is 4.56. The Morgan fingerprint density at radius 3 is 2.29 bits per heavy atom. The number of hydrogen-bond acceptors (Lipinski definition) is 11. The van der Waals surface area contributed by atoms with E-state index in [2.05, 4.69) is 32.5 Å². The van der Waals surface area contributed by atoms with Crippen LogP contribution in [0, 0.1) is 0 Å². The van der Waals surface area contributed by atoms with Crippen molar-refractivity contribution in [2.45, 2.75) is 57.1 Å². The van der Waals surface area contributed by atoms with Crippen LogP contribution in [-0.2, 0) is 29.1 Å². The van der Waals surface area contributed by atoms with Gasteiger partial charge in [0, 0.05) is 43.5 Å². The smallest absolute Gasteiger partial charge is 0.306 e. The number of benzene rings is 2. The Hall–Kier alpha value is -5.09. The topological polar surface area (TPSA) is 212 Å². The average Bonchev–Trinajstić information content (AvgIpc) is 3.55. The molecule has 290 valence electrons. The van der Waals surface area contributed by atoms with Gasteiger partial charge in [-0.2, -0.15) is 4.98 Å². The molecule has 3 atom stereocenters. The van der Waals surface area contributed by atoms with Gasteiger partial charge < -0.3 is 45.9 Å². The Kier molecular flexibility index (Phi) is 14.6. The van der Waals surface area contributed by atoms with E-state index in [0.717, 1.165) is 22.3 Å². The highest BCUT2D eigenvalue weighted by molar-refractivity contribution is 6.37. The number of aliphatic hydroxyl groups is 2. The zero-order valence-corrected chi connectivity index (χ0v) is 31.1. The van der Waals surface area contributed by atoms with Crippen LogP contribution in [0.2, 0.25) is 10.0 Å². The largest absolute Gasteiger partial charge is 0.481 e. The lowest BCUT2D eigenvalue weighted by molar-refractivity contribution is -0.140. The number of halogens is 2. The summed E-state index contributed by atoms with van der Waals surface area (Å²) in [7, 11) is 0. The lowest BCUT2D eigenvalue weighted by Gasteiger charge is -2.19. The van der Waals surface area contributed by atoms with E-state index in [0.29, 0.717) is 36.3 Å². The number of carbonyl (C=O) groups is 3. The maximum Gasteiger partial charge on any atom is 0.306 e. The number of aliphatic hydroxyl groups excluding tert-OH is 2. The predicted molar refractivity (Wildman–Crippen MR) is 206 cm³/mol. The third-order valence-electron chi connectivity index (χ3n) is 8.62. The third kappa shape index (κ3) is 11.2. The number of carboxylic acid groups (broad SMARTS) is 2. The molecule has 2 heterocycles. The number of carboxylic acids is 2. The standard InChI is InChI=1S/C39H41Cl2N5O9/c1-2-13-54-38-23(19-43-21-25(48)16-35(51)52)14-31(40)39(46-38)55-32-11-10-27-26(5-3-6-28(27)32)29-7-4-8-30(36(29)41)37(53)45-33-12-9-22(18-44-33)17-42-20-24(47)15-34(49)50/h2-9,12,14,18,24-25,32,42-43,47-48H,1,10-11,13,15-17,19-21H2,(H,49,50)(H,51,52)(H,44,45,53)/t24-,25-,32-/m0/s1. The van der Waals surface area contributed by atoms with Gasteiger partial charge in [0.25, 0.3) is 5.91 Å². The minimum absolute atomic E-state index is 0.0411. The number of anilines is 1. The Balaban J connectivity index is 1.27. The van der Waals surface area contributed by atoms with Crippen molar-refractivity contribution in [1.82, 2.24) is 20.6 Å². The molecule has 1 aliphatic rings. The lowest BCUT2D eigenvalue weighted by Crippen LogP contribution is -2.28. The Morgan fingerprint density at radius 2 is 1.62 bits per heavy atom. The first-order valence-electron chi connectivity index (χ1n) is 17.4. The van der Waals surface area contributed by atoms with Gasteiger partial charge in [-0.1, -0.05) is 72.3 Å². The summed E-state index contributed by atoms with van der Waals surface area (Å²) < 4.78 is 12.2. The molecular weight excluding hydrogens is 753 g/mol. The summed E-state index contributed by atoms with van der Waals surface area (Å²) in [5.74, 6) is -1.89. The molecule has 0 aliphatic heterocycles. The van der Waals surface area contributed by atoms with Crippen LogP contribution in [0.4, 0.5) is 5.82 Å². The van der Waals surface area contributed by atoms with E-state index in [1.54, 1.807) is 42.6 Å². The number of carbonyl (C=O) groups excluding carboxylic acids is 1. The number of nitrogens with one attached hydrogen (secondary N) is 3. The first-order chi connectivity index (χ1) is 26.4. The molecule has 55 heavy (non-hydrogen) atoms. The molecule has 2 aromatic carbocycles. The third-order valence-corrected chi connectivity index (χ3v) is 9.29. The zero-order chi connectivity index (χ0) is 39.5. The van der Waals surface area contributed by atoms with Crippen LogP contribution < -0.4 is 25.4 Å². The molecule has 0 saturated carbocycles. The SMILES string of the molecule is C=CCOc1nc(O[C@H]2CCc3c(-c4cccc(C(=O)Nc5ccc(CNC[C@@H](O)CC(=O)O)cn5)c4Cl)cccc32)c(Cl)cc1CNC[C@@H](O)CC(=O)O. The van der Waals surface area contributed by atoms with Crippen LogP contribution in [0.25, 0.3) is 11.1 Å². The van der Waals surface area contributed by atoms with Gasteiger partial charge in [0.1, 0.15) is 23.6 Å². The quantitative estimate of drug-likeness (QED) is 0.0576. The lowest BCUT2D eigenvalue weighted by atomic mass is 9.95. The van der Waals surface area contributed by atoms with Crippen LogP contribution in [0.15, 0.2) is 73.4 Å². The van der Waals surface area contributed by atoms with Crippen LogP contribution in [0.3, 0.4) is 0 Å². The fourth-order valence-electron chi connectivity index (χ4n) is 6.10. The second-order valence-corrected chi connectivity index (χ2v) is 13.6. The maximum absolute atomic E-state index is 13.4. The molecule has 0 fully saturated rings. The highest BCUT2D eigenvalue weighted by Gasteiger charge is 2.29. The van der Waals surface area contributed by atoms with Crippen molar-refractivity contribution in [3.05, 3.63) is 111 Å². The van der Waals surface area contributed by atoms with Crippen LogP contribution in [-0.4, -0.2) is 80.1 Å². The van der Waals surface area contributed by atoms with Crippen molar-refractivity contribution < 1.29 is 44.3 Å². The van der Waals surface area contributed by atoms with E-state index < -0.39 is 42.6 Å². The number of ether oxygens (including phenoxy) is 2. The van der Waals surface area contributed by atoms with Crippen molar-refractivity contribution in [1.29, 1.82) is 0 Å². The van der Waals surface area contributed by atoms with Crippen molar-refractivity contribution in [2.75, 3.05) is 25.0 Å². The Bertz CT molecular complexity index is 2010. The fourth-order valence-corrected chi connectivity index (χ4v) is 6.63. The van der Waals surface area contributed by atoms with E-state index in [9.17, 15) is 24.6 Å². The first-order valence-corrected chi connectivity index (χ1v) is 18.2. The van der Waals surface area contributed by atoms with Crippen molar-refractivity contribution in [3.8, 4) is 22.9 Å². The van der Waals surface area contributed by atoms with E-state index in [1.165, 1.54) is 0 Å². The monoisotopic (exact) mass is 793 g/mol.